The van der Waals surface area contributed by atoms with Gasteiger partial charge in [-0.3, -0.25) is 0 Å². The number of aromatic amines is 1. The minimum absolute atomic E-state index is 0.771. The molecular weight excluding hydrogens is 569 g/mol. The number of halogens is 6. The molecule has 0 radical (unpaired) electrons. The molecule has 140 valence electrons. The molecule has 0 aliphatic carbocycles. The number of hydrogen-bond acceptors (Lipinski definition) is 3. The summed E-state index contributed by atoms with van der Waals surface area (Å²) in [5, 5.41) is 15.4. The molecule has 26 heavy (non-hydrogen) atoms. The van der Waals surface area contributed by atoms with Crippen molar-refractivity contribution in [1.29, 1.82) is 0 Å². The molecule has 0 atom stereocenters. The third-order valence-corrected chi connectivity index (χ3v) is 4.25. The number of aromatic nitrogens is 1. The van der Waals surface area contributed by atoms with E-state index in [1.807, 2.05) is 12.1 Å². The van der Waals surface area contributed by atoms with E-state index in [-0.39, 0.29) is 0 Å². The van der Waals surface area contributed by atoms with E-state index in [9.17, 15) is 31.1 Å². The Morgan fingerprint density at radius 2 is 1.42 bits per heavy atom. The van der Waals surface area contributed by atoms with Gasteiger partial charge in [0.25, 0.3) is 0 Å². The van der Waals surface area contributed by atoms with Gasteiger partial charge in [-0.2, -0.15) is 26.3 Å². The second-order valence-corrected chi connectivity index (χ2v) is 6.66. The molecule has 1 aromatic carbocycles. The van der Waals surface area contributed by atoms with Crippen molar-refractivity contribution < 1.29 is 50.9 Å². The van der Waals surface area contributed by atoms with Crippen molar-refractivity contribution in [1.82, 2.24) is 4.98 Å². The fourth-order valence-corrected chi connectivity index (χ4v) is 3.02. The summed E-state index contributed by atoms with van der Waals surface area (Å²) in [6.45, 7) is 0. The quantitative estimate of drug-likeness (QED) is 0.274. The second kappa shape index (κ2) is 9.54. The zero-order valence-corrected chi connectivity index (χ0v) is 16.8. The molecule has 0 fully saturated rings. The Hall–Kier alpha value is -2.13. The molecule has 0 aliphatic heterocycles. The molecular formula is C13H8F6NO5Tl. The zero-order chi connectivity index (χ0) is 20.7. The summed E-state index contributed by atoms with van der Waals surface area (Å²) in [6, 6.07) is 6.09. The summed E-state index contributed by atoms with van der Waals surface area (Å²) in [6.07, 6.45) is -7.49. The number of carboxylic acids is 2. The van der Waals surface area contributed by atoms with Gasteiger partial charge in [0.2, 0.25) is 0 Å². The molecule has 13 heteroatoms. The molecule has 0 spiro atoms. The van der Waals surface area contributed by atoms with Crippen LogP contribution in [0.25, 0.3) is 10.9 Å². The standard InChI is InChI=1S/C9H6NO.2C2HF3O2.Tl/c11-6-7-5-10-9-4-2-1-3-8(7)9;2*3-2(4,5)1(6)7;/h1-2,4-6,10H;2*(H,6,7);. The Morgan fingerprint density at radius 3 is 1.77 bits per heavy atom. The second-order valence-electron chi connectivity index (χ2n) is 4.24. The van der Waals surface area contributed by atoms with Gasteiger partial charge in [0.15, 0.2) is 0 Å². The number of rotatable bonds is 1. The van der Waals surface area contributed by atoms with Gasteiger partial charge in [-0.1, -0.05) is 0 Å². The van der Waals surface area contributed by atoms with Crippen molar-refractivity contribution in [2.24, 2.45) is 0 Å². The third-order valence-electron chi connectivity index (χ3n) is 2.38. The van der Waals surface area contributed by atoms with E-state index in [2.05, 4.69) is 11.1 Å². The molecule has 2 aromatic rings. The van der Waals surface area contributed by atoms with Gasteiger partial charge in [-0.05, 0) is 0 Å². The number of H-pyrrole nitrogens is 1. The minimum atomic E-state index is -5.08. The Labute approximate surface area is 156 Å². The van der Waals surface area contributed by atoms with Crippen molar-refractivity contribution >= 4 is 58.0 Å². The van der Waals surface area contributed by atoms with Crippen LogP contribution >= 0.6 is 0 Å². The molecule has 0 saturated heterocycles. The molecule has 1 aromatic heterocycles. The van der Waals surface area contributed by atoms with Gasteiger partial charge < -0.3 is 10.2 Å². The molecule has 6 nitrogen and oxygen atoms in total. The number of fused-ring (bicyclic) bond motifs is 1. The van der Waals surface area contributed by atoms with Crippen LogP contribution in [0.15, 0.2) is 24.4 Å². The number of hydrogen-bond donors (Lipinski definition) is 3. The van der Waals surface area contributed by atoms with Crippen molar-refractivity contribution in [3.63, 3.8) is 0 Å². The van der Waals surface area contributed by atoms with Crippen LogP contribution in [0, 0.1) is 0 Å². The topological polar surface area (TPSA) is 107 Å². The van der Waals surface area contributed by atoms with E-state index in [0.717, 1.165) is 48.5 Å². The number of nitrogens with one attached hydrogen (secondary N) is 1. The van der Waals surface area contributed by atoms with E-state index in [1.54, 1.807) is 6.20 Å². The van der Waals surface area contributed by atoms with E-state index in [4.69, 9.17) is 19.8 Å². The molecule has 1 heterocycles. The first kappa shape index (κ1) is 23.9. The van der Waals surface area contributed by atoms with Crippen LogP contribution in [0.3, 0.4) is 0 Å². The van der Waals surface area contributed by atoms with Gasteiger partial charge in [-0.25, -0.2) is 9.59 Å². The monoisotopic (exact) mass is 577 g/mol. The number of carboxylic acid groups (broad SMARTS) is 2. The normalized spacial score (nSPS) is 10.8. The number of aldehydes is 1. The number of carbonyl (C=O) groups excluding carboxylic acids is 1. The molecule has 0 unspecified atom stereocenters. The van der Waals surface area contributed by atoms with Crippen molar-refractivity contribution in [3.8, 4) is 0 Å². The zero-order valence-electron chi connectivity index (χ0n) is 12.4. The number of alkyl halides is 6. The van der Waals surface area contributed by atoms with Crippen molar-refractivity contribution in [2.75, 3.05) is 0 Å². The van der Waals surface area contributed by atoms with Crippen LogP contribution in [-0.2, 0) is 9.59 Å². The average Bonchev–Trinajstić information content (AvgIpc) is 2.91. The fraction of sp³-hybridized carbons (Fsp3) is 0.154. The fourth-order valence-electron chi connectivity index (χ4n) is 1.33. The molecule has 0 saturated carbocycles. The number of benzene rings is 1. The van der Waals surface area contributed by atoms with Crippen LogP contribution < -0.4 is 3.12 Å². The van der Waals surface area contributed by atoms with Gasteiger partial charge in [-0.15, -0.1) is 0 Å². The van der Waals surface area contributed by atoms with Crippen LogP contribution in [0.1, 0.15) is 10.4 Å². The summed E-state index contributed by atoms with van der Waals surface area (Å²) >= 11 is 0.771. The summed E-state index contributed by atoms with van der Waals surface area (Å²) in [5.74, 6) is -5.51. The van der Waals surface area contributed by atoms with Crippen LogP contribution in [0.2, 0.25) is 0 Å². The average molecular weight is 577 g/mol. The number of aliphatic carboxylic acids is 2. The van der Waals surface area contributed by atoms with Gasteiger partial charge in [0.1, 0.15) is 0 Å². The van der Waals surface area contributed by atoms with Crippen LogP contribution in [0.5, 0.6) is 0 Å². The van der Waals surface area contributed by atoms with Gasteiger partial charge in [0.05, 0.1) is 0 Å². The summed E-state index contributed by atoms with van der Waals surface area (Å²) < 4.78 is 64.8. The first-order chi connectivity index (χ1) is 11.7. The van der Waals surface area contributed by atoms with Gasteiger partial charge in [0, 0.05) is 0 Å². The Balaban J connectivity index is 0.000000390. The maximum atomic E-state index is 10.6. The molecule has 0 aliphatic rings. The van der Waals surface area contributed by atoms with E-state index < -0.39 is 24.3 Å². The predicted octanol–water partition coefficient (Wildman–Crippen LogP) is 2.04. The van der Waals surface area contributed by atoms with E-state index in [1.165, 1.54) is 3.12 Å². The summed E-state index contributed by atoms with van der Waals surface area (Å²) in [4.78, 5) is 31.5. The Kier molecular flexibility index (Phi) is 8.76. The maximum absolute atomic E-state index is 10.6. The molecule has 0 amide bonds. The third kappa shape index (κ3) is 7.84. The predicted molar refractivity (Wildman–Crippen MR) is 76.5 cm³/mol. The first-order valence-electron chi connectivity index (χ1n) is 6.12. The molecule has 2 rings (SSSR count). The molecule has 3 N–H and O–H groups in total. The summed E-state index contributed by atoms with van der Waals surface area (Å²) in [5.41, 5.74) is 1.85. The van der Waals surface area contributed by atoms with E-state index >= 15 is 0 Å². The van der Waals surface area contributed by atoms with E-state index in [0.29, 0.717) is 0 Å². The number of carbonyl (C=O) groups is 3. The molecule has 0 bridgehead atoms. The Bertz CT molecular complexity index is 759. The van der Waals surface area contributed by atoms with Crippen molar-refractivity contribution in [2.45, 2.75) is 12.4 Å². The van der Waals surface area contributed by atoms with Crippen LogP contribution in [-0.4, -0.2) is 71.5 Å². The Morgan fingerprint density at radius 1 is 1.00 bits per heavy atom. The van der Waals surface area contributed by atoms with Crippen molar-refractivity contribution in [3.05, 3.63) is 30.0 Å². The van der Waals surface area contributed by atoms with Crippen LogP contribution in [0.4, 0.5) is 26.3 Å². The summed E-state index contributed by atoms with van der Waals surface area (Å²) in [7, 11) is 0. The first-order valence-corrected chi connectivity index (χ1v) is 8.37. The van der Waals surface area contributed by atoms with Gasteiger partial charge >= 0.3 is 110 Å². The SMILES string of the molecule is O=C(O)C(F)(F)F.O=C(O)C(F)(F)F.O=Cc1c[nH]c2ccc[c]([Tl])c12.